The molecule has 2 aromatic rings. The Morgan fingerprint density at radius 2 is 2.00 bits per heavy atom. The summed E-state index contributed by atoms with van der Waals surface area (Å²) in [4.78, 5) is 0. The van der Waals surface area contributed by atoms with Crippen molar-refractivity contribution in [3.63, 3.8) is 0 Å². The molecule has 1 aromatic heterocycles. The first-order valence-electron chi connectivity index (χ1n) is 3.89. The van der Waals surface area contributed by atoms with Crippen LogP contribution in [0.5, 0.6) is 0 Å². The van der Waals surface area contributed by atoms with E-state index in [1.54, 1.807) is 34.2 Å². The third-order valence-corrected chi connectivity index (χ3v) is 5.40. The lowest BCUT2D eigenvalue weighted by molar-refractivity contribution is 1.57. The summed E-state index contributed by atoms with van der Waals surface area (Å²) in [5, 5.41) is 1.83. The van der Waals surface area contributed by atoms with E-state index in [1.807, 2.05) is 24.3 Å². The highest BCUT2D eigenvalue weighted by Crippen LogP contribution is 2.25. The van der Waals surface area contributed by atoms with E-state index in [0.29, 0.717) is 0 Å². The van der Waals surface area contributed by atoms with Crippen molar-refractivity contribution in [2.24, 2.45) is 0 Å². The molecule has 0 fully saturated rings. The molecule has 1 heterocycles. The number of rotatable bonds is 1. The zero-order valence-electron chi connectivity index (χ0n) is 7.36. The van der Waals surface area contributed by atoms with Crippen LogP contribution in [0.1, 0.15) is 0 Å². The van der Waals surface area contributed by atoms with Crippen molar-refractivity contribution in [3.05, 3.63) is 32.4 Å². The maximum Gasteiger partial charge on any atom is 0.352 e. The zero-order chi connectivity index (χ0) is 9.97. The van der Waals surface area contributed by atoms with E-state index in [2.05, 4.69) is 10.6 Å². The predicted octanol–water partition coefficient (Wildman–Crippen LogP) is 3.77. The van der Waals surface area contributed by atoms with Crippen LogP contribution in [-0.2, 0) is 11.4 Å². The highest BCUT2D eigenvalue weighted by Gasteiger charge is 2.05. The van der Waals surface area contributed by atoms with Gasteiger partial charge in [-0.05, 0) is 23.5 Å². The lowest BCUT2D eigenvalue weighted by Gasteiger charge is -1.93. The number of aromatic nitrogens is 1. The van der Waals surface area contributed by atoms with E-state index < -0.39 is 0 Å². The Labute approximate surface area is 99.1 Å². The highest BCUT2D eigenvalue weighted by atomic mass is 35.5. The summed E-state index contributed by atoms with van der Waals surface area (Å²) < 4.78 is 5.66. The molecule has 0 N–H and O–H groups in total. The van der Waals surface area contributed by atoms with Gasteiger partial charge in [0.1, 0.15) is 5.01 Å². The number of halogens is 1. The quantitative estimate of drug-likeness (QED) is 0.562. The van der Waals surface area contributed by atoms with Gasteiger partial charge in [-0.3, -0.25) is 0 Å². The molecule has 1 aromatic carbocycles. The molecule has 1 nitrogen and oxygen atoms in total. The van der Waals surface area contributed by atoms with Gasteiger partial charge in [0, 0.05) is 22.1 Å². The van der Waals surface area contributed by atoms with Crippen molar-refractivity contribution >= 4 is 45.8 Å². The van der Waals surface area contributed by atoms with E-state index >= 15 is 0 Å². The lowest BCUT2D eigenvalue weighted by Crippen LogP contribution is -1.72. The number of benzene rings is 1. The summed E-state index contributed by atoms with van der Waals surface area (Å²) in [5.74, 6) is 0. The fourth-order valence-corrected chi connectivity index (χ4v) is 3.52. The minimum absolute atomic E-state index is 0.763. The number of nitrogens with zero attached hydrogens (tertiary/aromatic N) is 1. The predicted molar refractivity (Wildman–Crippen MR) is 67.0 cm³/mol. The Morgan fingerprint density at radius 3 is 2.57 bits per heavy atom. The molecule has 0 radical (unpaired) electrons. The summed E-state index contributed by atoms with van der Waals surface area (Å²) in [6.45, 7) is 0. The fraction of sp³-hybridized carbons (Fsp3) is 0.111. The molecule has 0 amide bonds. The van der Waals surface area contributed by atoms with Crippen LogP contribution in [0.3, 0.4) is 0 Å². The van der Waals surface area contributed by atoms with Crippen molar-refractivity contribution in [2.45, 2.75) is 0 Å². The monoisotopic (exact) mass is 260 g/mol. The van der Waals surface area contributed by atoms with E-state index in [-0.39, 0.29) is 0 Å². The van der Waals surface area contributed by atoms with Gasteiger partial charge < -0.3 is 0 Å². The Kier molecular flexibility index (Phi) is 3.28. The van der Waals surface area contributed by atoms with Crippen LogP contribution in [0.2, 0.25) is 5.02 Å². The van der Waals surface area contributed by atoms with E-state index in [0.717, 1.165) is 15.6 Å². The molecular weight excluding hydrogens is 254 g/mol. The van der Waals surface area contributed by atoms with Gasteiger partial charge in [-0.15, -0.1) is 0 Å². The summed E-state index contributed by atoms with van der Waals surface area (Å²) in [5.41, 5.74) is 1.14. The Balaban J connectivity index is 2.44. The summed E-state index contributed by atoms with van der Waals surface area (Å²) >= 11 is 10.8. The Hall–Kier alpha value is -0.290. The second-order valence-electron chi connectivity index (χ2n) is 2.55. The van der Waals surface area contributed by atoms with Gasteiger partial charge in [-0.25, -0.2) is 0 Å². The molecule has 0 atom stereocenters. The lowest BCUT2D eigenvalue weighted by atomic mass is 10.2. The van der Waals surface area contributed by atoms with Gasteiger partial charge in [-0.1, -0.05) is 23.7 Å². The van der Waals surface area contributed by atoms with E-state index in [1.165, 1.54) is 3.14 Å². The average molecular weight is 261 g/mol. The van der Waals surface area contributed by atoms with Gasteiger partial charge in [0.15, 0.2) is 6.26 Å². The van der Waals surface area contributed by atoms with Crippen LogP contribution in [0.15, 0.2) is 24.3 Å². The molecule has 0 aliphatic heterocycles. The maximum absolute atomic E-state index is 5.81. The summed E-state index contributed by atoms with van der Waals surface area (Å²) in [6.07, 6.45) is 2.07. The minimum atomic E-state index is 0.763. The first-order chi connectivity index (χ1) is 6.79. The van der Waals surface area contributed by atoms with Crippen LogP contribution in [-0.4, -0.2) is 10.6 Å². The van der Waals surface area contributed by atoms with Crippen molar-refractivity contribution in [2.75, 3.05) is 6.26 Å². The standard InChI is InChI=1S/C9H7ClNS3/c1-12-9-13-8(11-14-9)6-2-4-7(10)5-3-6/h2-5H,1H3/q+1. The molecule has 0 saturated carbocycles. The van der Waals surface area contributed by atoms with E-state index in [9.17, 15) is 0 Å². The SMILES string of the molecule is C[S+]=c1snc(-c2ccc(Cl)cc2)s1. The third-order valence-electron chi connectivity index (χ3n) is 1.64. The third kappa shape index (κ3) is 2.20. The first-order valence-corrected chi connectivity index (χ1v) is 7.08. The van der Waals surface area contributed by atoms with Crippen LogP contribution in [0, 0.1) is 3.14 Å². The van der Waals surface area contributed by atoms with Crippen LogP contribution in [0.25, 0.3) is 10.6 Å². The van der Waals surface area contributed by atoms with E-state index in [4.69, 9.17) is 11.6 Å². The smallest absolute Gasteiger partial charge is 0.175 e. The molecule has 2 rings (SSSR count). The molecule has 0 bridgehead atoms. The van der Waals surface area contributed by atoms with Crippen LogP contribution >= 0.6 is 34.5 Å². The van der Waals surface area contributed by atoms with Crippen LogP contribution < -0.4 is 0 Å². The molecule has 0 aliphatic carbocycles. The molecule has 72 valence electrons. The largest absolute Gasteiger partial charge is 0.352 e. The molecule has 14 heavy (non-hydrogen) atoms. The first kappa shape index (κ1) is 10.2. The van der Waals surface area contributed by atoms with Gasteiger partial charge in [0.05, 0.1) is 0 Å². The van der Waals surface area contributed by atoms with Crippen molar-refractivity contribution in [1.29, 1.82) is 0 Å². The maximum atomic E-state index is 5.81. The molecule has 0 spiro atoms. The topological polar surface area (TPSA) is 12.9 Å². The molecule has 5 heteroatoms. The second kappa shape index (κ2) is 4.49. The van der Waals surface area contributed by atoms with Crippen molar-refractivity contribution < 1.29 is 0 Å². The molecule has 0 saturated heterocycles. The minimum Gasteiger partial charge on any atom is -0.175 e. The molecule has 0 aliphatic rings. The van der Waals surface area contributed by atoms with Gasteiger partial charge >= 0.3 is 3.14 Å². The average Bonchev–Trinajstić information content (AvgIpc) is 2.67. The summed E-state index contributed by atoms with van der Waals surface area (Å²) in [7, 11) is 0. The van der Waals surface area contributed by atoms with Gasteiger partial charge in [-0.2, -0.15) is 4.37 Å². The summed E-state index contributed by atoms with van der Waals surface area (Å²) in [6, 6.07) is 7.78. The Bertz CT molecular complexity index is 483. The molecular formula is C9H7ClNS3+. The van der Waals surface area contributed by atoms with Gasteiger partial charge in [0.2, 0.25) is 11.4 Å². The zero-order valence-corrected chi connectivity index (χ0v) is 10.6. The number of hydrogen-bond acceptors (Lipinski definition) is 3. The fourth-order valence-electron chi connectivity index (χ4n) is 0.978. The highest BCUT2D eigenvalue weighted by molar-refractivity contribution is 7.74. The van der Waals surface area contributed by atoms with Crippen molar-refractivity contribution in [3.8, 4) is 10.6 Å². The Morgan fingerprint density at radius 1 is 1.29 bits per heavy atom. The molecule has 0 unspecified atom stereocenters. The normalized spacial score (nSPS) is 12.0. The van der Waals surface area contributed by atoms with Crippen molar-refractivity contribution in [1.82, 2.24) is 4.37 Å². The van der Waals surface area contributed by atoms with Gasteiger partial charge in [0.25, 0.3) is 0 Å². The number of hydrogen-bond donors (Lipinski definition) is 0. The second-order valence-corrected chi connectivity index (χ2v) is 6.35. The van der Waals surface area contributed by atoms with Crippen LogP contribution in [0.4, 0.5) is 0 Å².